The summed E-state index contributed by atoms with van der Waals surface area (Å²) < 4.78 is 48.1. The van der Waals surface area contributed by atoms with Gasteiger partial charge in [-0.1, -0.05) is 61.2 Å². The summed E-state index contributed by atoms with van der Waals surface area (Å²) in [5, 5.41) is 4.72. The zero-order valence-electron chi connectivity index (χ0n) is 24.0. The average Bonchev–Trinajstić information content (AvgIpc) is 3.60. The molecule has 3 aromatic carbocycles. The fourth-order valence-corrected chi connectivity index (χ4v) is 5.59. The van der Waals surface area contributed by atoms with Crippen LogP contribution in [0.3, 0.4) is 0 Å². The predicted molar refractivity (Wildman–Crippen MR) is 161 cm³/mol. The number of aryl methyl sites for hydroxylation is 2. The number of hydrogen-bond acceptors (Lipinski definition) is 7. The number of para-hydroxylation sites is 1. The molecule has 1 fully saturated rings. The van der Waals surface area contributed by atoms with Crippen molar-refractivity contribution in [2.45, 2.75) is 46.1 Å². The summed E-state index contributed by atoms with van der Waals surface area (Å²) in [7, 11) is 0. The minimum Gasteiger partial charge on any atom is -0.445 e. The first-order valence-corrected chi connectivity index (χ1v) is 14.7. The van der Waals surface area contributed by atoms with Crippen molar-refractivity contribution in [3.8, 4) is 22.8 Å². The number of amides is 2. The van der Waals surface area contributed by atoms with Crippen LogP contribution in [-0.2, 0) is 22.4 Å². The van der Waals surface area contributed by atoms with Crippen LogP contribution in [-0.4, -0.2) is 50.2 Å². The number of hydrogen-bond donors (Lipinski definition) is 0. The fraction of sp³-hybridized carbons (Fsp3) is 0.258. The molecule has 1 saturated heterocycles. The quantitative estimate of drug-likeness (QED) is 0.210. The third kappa shape index (κ3) is 7.28. The molecule has 1 atom stereocenters. The standard InChI is InChI=1S/C31H28F3N5O4S/c1-4-22-7-5-6-19(2)27(22)39-26(40)17-44-29(39)36-30(41)42-20(3)16-21-8-10-23(11-9-21)28-35-18-38(37-28)24-12-14-25(15-13-24)43-31(32,33)34/h5-15,18,20H,4,16-17H2,1-3H3. The minimum atomic E-state index is -4.76. The highest BCUT2D eigenvalue weighted by molar-refractivity contribution is 8.15. The van der Waals surface area contributed by atoms with Crippen molar-refractivity contribution >= 4 is 34.6 Å². The second-order valence-electron chi connectivity index (χ2n) is 10.00. The van der Waals surface area contributed by atoms with Gasteiger partial charge in [0.25, 0.3) is 0 Å². The van der Waals surface area contributed by atoms with Gasteiger partial charge in [0.1, 0.15) is 18.2 Å². The van der Waals surface area contributed by atoms with Crippen molar-refractivity contribution in [2.75, 3.05) is 10.7 Å². The van der Waals surface area contributed by atoms with E-state index in [9.17, 15) is 22.8 Å². The van der Waals surface area contributed by atoms with Crippen molar-refractivity contribution in [2.24, 2.45) is 4.99 Å². The molecule has 44 heavy (non-hydrogen) atoms. The number of ether oxygens (including phenoxy) is 2. The summed E-state index contributed by atoms with van der Waals surface area (Å²) in [6, 6.07) is 18.5. The fourth-order valence-electron chi connectivity index (χ4n) is 4.75. The van der Waals surface area contributed by atoms with Gasteiger partial charge in [-0.25, -0.2) is 14.5 Å². The summed E-state index contributed by atoms with van der Waals surface area (Å²) in [6.45, 7) is 5.70. The van der Waals surface area contributed by atoms with Crippen LogP contribution in [0.4, 0.5) is 23.7 Å². The molecule has 0 saturated carbocycles. The number of aromatic nitrogens is 3. The molecule has 9 nitrogen and oxygen atoms in total. The highest BCUT2D eigenvalue weighted by atomic mass is 32.2. The number of thioether (sulfide) groups is 1. The topological polar surface area (TPSA) is 98.9 Å². The van der Waals surface area contributed by atoms with Crippen molar-refractivity contribution in [1.82, 2.24) is 14.8 Å². The maximum Gasteiger partial charge on any atom is 0.573 e. The maximum absolute atomic E-state index is 12.7. The number of amidine groups is 1. The lowest BCUT2D eigenvalue weighted by atomic mass is 10.0. The molecule has 0 N–H and O–H groups in total. The second kappa shape index (κ2) is 12.9. The number of carbonyl (C=O) groups excluding carboxylic acids is 2. The predicted octanol–water partition coefficient (Wildman–Crippen LogP) is 6.91. The van der Waals surface area contributed by atoms with Gasteiger partial charge in [-0.15, -0.1) is 18.3 Å². The molecule has 0 radical (unpaired) electrons. The number of carbonyl (C=O) groups is 2. The summed E-state index contributed by atoms with van der Waals surface area (Å²) in [4.78, 5) is 35.4. The average molecular weight is 624 g/mol. The Kier molecular flexibility index (Phi) is 9.04. The number of halogens is 3. The minimum absolute atomic E-state index is 0.133. The Morgan fingerprint density at radius 1 is 1.09 bits per heavy atom. The van der Waals surface area contributed by atoms with E-state index in [4.69, 9.17) is 4.74 Å². The zero-order chi connectivity index (χ0) is 31.4. The van der Waals surface area contributed by atoms with Gasteiger partial charge in [-0.3, -0.25) is 9.69 Å². The Morgan fingerprint density at radius 3 is 2.50 bits per heavy atom. The van der Waals surface area contributed by atoms with Crippen molar-refractivity contribution in [3.05, 3.63) is 89.7 Å². The molecule has 2 amide bonds. The van der Waals surface area contributed by atoms with Gasteiger partial charge in [0.05, 0.1) is 17.1 Å². The third-order valence-electron chi connectivity index (χ3n) is 6.74. The van der Waals surface area contributed by atoms with Gasteiger partial charge in [-0.05, 0) is 61.2 Å². The molecule has 228 valence electrons. The Bertz CT molecular complexity index is 1690. The third-order valence-corrected chi connectivity index (χ3v) is 7.67. The van der Waals surface area contributed by atoms with Crippen molar-refractivity contribution in [3.63, 3.8) is 0 Å². The van der Waals surface area contributed by atoms with E-state index in [0.29, 0.717) is 23.1 Å². The highest BCUT2D eigenvalue weighted by Gasteiger charge is 2.33. The van der Waals surface area contributed by atoms with Crippen LogP contribution in [0.15, 0.2) is 78.0 Å². The second-order valence-corrected chi connectivity index (χ2v) is 10.9. The van der Waals surface area contributed by atoms with E-state index in [1.807, 2.05) is 56.3 Å². The zero-order valence-corrected chi connectivity index (χ0v) is 24.9. The molecule has 2 heterocycles. The maximum atomic E-state index is 12.7. The molecule has 1 unspecified atom stereocenters. The molecule has 13 heteroatoms. The molecule has 1 aromatic heterocycles. The van der Waals surface area contributed by atoms with Crippen LogP contribution in [0.25, 0.3) is 17.1 Å². The van der Waals surface area contributed by atoms with Crippen LogP contribution in [0.1, 0.15) is 30.5 Å². The first kappa shape index (κ1) is 30.8. The van der Waals surface area contributed by atoms with Crippen molar-refractivity contribution < 1.29 is 32.2 Å². The summed E-state index contributed by atoms with van der Waals surface area (Å²) in [5.41, 5.74) is 4.83. The van der Waals surface area contributed by atoms with E-state index in [1.54, 1.807) is 6.92 Å². The van der Waals surface area contributed by atoms with Gasteiger partial charge in [0.15, 0.2) is 11.0 Å². The molecule has 4 aromatic rings. The smallest absolute Gasteiger partial charge is 0.445 e. The largest absolute Gasteiger partial charge is 0.573 e. The van der Waals surface area contributed by atoms with Gasteiger partial charge >= 0.3 is 12.5 Å². The van der Waals surface area contributed by atoms with E-state index in [-0.39, 0.29) is 17.4 Å². The number of alkyl halides is 3. The van der Waals surface area contributed by atoms with E-state index < -0.39 is 18.6 Å². The lowest BCUT2D eigenvalue weighted by Crippen LogP contribution is -2.31. The SMILES string of the molecule is CCc1cccc(C)c1N1C(=O)CSC1=NC(=O)OC(C)Cc1ccc(-c2ncn(-c3ccc(OC(F)(F)F)cc3)n2)cc1. The van der Waals surface area contributed by atoms with Gasteiger partial charge < -0.3 is 9.47 Å². The lowest BCUT2D eigenvalue weighted by molar-refractivity contribution is -0.274. The summed E-state index contributed by atoms with van der Waals surface area (Å²) >= 11 is 1.21. The normalized spacial score (nSPS) is 15.1. The molecule has 0 bridgehead atoms. The first-order chi connectivity index (χ1) is 21.0. The van der Waals surface area contributed by atoms with E-state index in [1.165, 1.54) is 51.9 Å². The monoisotopic (exact) mass is 623 g/mol. The van der Waals surface area contributed by atoms with Gasteiger partial charge in [-0.2, -0.15) is 4.99 Å². The van der Waals surface area contributed by atoms with Gasteiger partial charge in [0.2, 0.25) is 5.91 Å². The van der Waals surface area contributed by atoms with E-state index in [2.05, 4.69) is 19.8 Å². The van der Waals surface area contributed by atoms with Gasteiger partial charge in [0, 0.05) is 12.0 Å². The van der Waals surface area contributed by atoms with Crippen molar-refractivity contribution in [1.29, 1.82) is 0 Å². The number of nitrogens with zero attached hydrogens (tertiary/aromatic N) is 5. The Morgan fingerprint density at radius 2 is 1.82 bits per heavy atom. The molecule has 0 aliphatic carbocycles. The van der Waals surface area contributed by atoms with Crippen LogP contribution in [0, 0.1) is 6.92 Å². The Hall–Kier alpha value is -4.65. The highest BCUT2D eigenvalue weighted by Crippen LogP contribution is 2.33. The van der Waals surface area contributed by atoms with Crippen LogP contribution >= 0.6 is 11.8 Å². The molecule has 1 aliphatic rings. The van der Waals surface area contributed by atoms with Crippen LogP contribution in [0.2, 0.25) is 0 Å². The Labute approximate surface area is 255 Å². The molecule has 1 aliphatic heterocycles. The molecule has 0 spiro atoms. The number of aliphatic imine (C=N–C) groups is 1. The summed E-state index contributed by atoms with van der Waals surface area (Å²) in [6.07, 6.45) is -3.39. The molecule has 5 rings (SSSR count). The van der Waals surface area contributed by atoms with E-state index in [0.717, 1.165) is 34.4 Å². The lowest BCUT2D eigenvalue weighted by Gasteiger charge is -2.21. The molecular formula is C31H28F3N5O4S. The first-order valence-electron chi connectivity index (χ1n) is 13.7. The Balaban J connectivity index is 1.20. The number of benzene rings is 3. The number of rotatable bonds is 8. The summed E-state index contributed by atoms with van der Waals surface area (Å²) in [5.74, 6) is 0.163. The van der Waals surface area contributed by atoms with Crippen LogP contribution in [0.5, 0.6) is 5.75 Å². The van der Waals surface area contributed by atoms with Crippen LogP contribution < -0.4 is 9.64 Å². The number of anilines is 1. The van der Waals surface area contributed by atoms with E-state index >= 15 is 0 Å². The molecular weight excluding hydrogens is 595 g/mol.